The van der Waals surface area contributed by atoms with Crippen LogP contribution in [0.2, 0.25) is 0 Å². The zero-order valence-corrected chi connectivity index (χ0v) is 11.6. The maximum absolute atomic E-state index is 12.6. The summed E-state index contributed by atoms with van der Waals surface area (Å²) in [7, 11) is 0. The average Bonchev–Trinajstić information content (AvgIpc) is 2.89. The number of carboxylic acid groups (broad SMARTS) is 1. The minimum absolute atomic E-state index is 0.273. The minimum Gasteiger partial charge on any atom is -0.480 e. The van der Waals surface area contributed by atoms with E-state index < -0.39 is 11.5 Å². The maximum atomic E-state index is 12.6. The number of carboxylic acids is 1. The summed E-state index contributed by atoms with van der Waals surface area (Å²) in [6, 6.07) is 5.05. The topological polar surface area (TPSA) is 83.4 Å². The van der Waals surface area contributed by atoms with Gasteiger partial charge in [0.15, 0.2) is 0 Å². The van der Waals surface area contributed by atoms with Crippen molar-refractivity contribution in [1.29, 1.82) is 0 Å². The van der Waals surface area contributed by atoms with Crippen LogP contribution in [0.5, 0.6) is 0 Å². The molecule has 1 aromatic carbocycles. The third-order valence-electron chi connectivity index (χ3n) is 4.06. The standard InChI is InChI=1S/C15H15N3O3/c1-15(14(20)21)5-2-8-18(15)13(19)10-3-4-11-12(9-10)17-7-6-16-11/h3-4,6-7,9H,2,5,8H2,1H3,(H,20,21). The second-order valence-corrected chi connectivity index (χ2v) is 5.40. The molecule has 108 valence electrons. The molecule has 21 heavy (non-hydrogen) atoms. The predicted octanol–water partition coefficient (Wildman–Crippen LogP) is 1.71. The second kappa shape index (κ2) is 4.80. The fourth-order valence-electron chi connectivity index (χ4n) is 2.76. The first-order valence-electron chi connectivity index (χ1n) is 6.78. The highest BCUT2D eigenvalue weighted by Crippen LogP contribution is 2.31. The van der Waals surface area contributed by atoms with E-state index in [9.17, 15) is 14.7 Å². The Bertz CT molecular complexity index is 731. The Hall–Kier alpha value is -2.50. The Morgan fingerprint density at radius 3 is 2.67 bits per heavy atom. The Balaban J connectivity index is 1.98. The highest BCUT2D eigenvalue weighted by atomic mass is 16.4. The first-order valence-corrected chi connectivity index (χ1v) is 6.78. The van der Waals surface area contributed by atoms with Gasteiger partial charge in [-0.15, -0.1) is 0 Å². The third-order valence-corrected chi connectivity index (χ3v) is 4.06. The summed E-state index contributed by atoms with van der Waals surface area (Å²) < 4.78 is 0. The number of hydrogen-bond donors (Lipinski definition) is 1. The molecule has 1 saturated heterocycles. The van der Waals surface area contributed by atoms with E-state index in [1.54, 1.807) is 37.5 Å². The molecule has 1 N–H and O–H groups in total. The summed E-state index contributed by atoms with van der Waals surface area (Å²) in [5, 5.41) is 9.39. The van der Waals surface area contributed by atoms with Crippen molar-refractivity contribution in [3.05, 3.63) is 36.2 Å². The molecule has 1 fully saturated rings. The van der Waals surface area contributed by atoms with Crippen LogP contribution in [0.1, 0.15) is 30.1 Å². The molecule has 2 aromatic rings. The van der Waals surface area contributed by atoms with Crippen LogP contribution >= 0.6 is 0 Å². The molecule has 6 heteroatoms. The molecule has 0 saturated carbocycles. The van der Waals surface area contributed by atoms with Crippen LogP contribution in [-0.4, -0.2) is 43.9 Å². The Labute approximate surface area is 121 Å². The van der Waals surface area contributed by atoms with Gasteiger partial charge >= 0.3 is 5.97 Å². The van der Waals surface area contributed by atoms with E-state index in [0.717, 1.165) is 0 Å². The molecule has 1 amide bonds. The van der Waals surface area contributed by atoms with E-state index in [0.29, 0.717) is 36.0 Å². The van der Waals surface area contributed by atoms with Gasteiger partial charge in [-0.25, -0.2) is 4.79 Å². The number of likely N-dealkylation sites (tertiary alicyclic amines) is 1. The molecule has 0 spiro atoms. The van der Waals surface area contributed by atoms with Crippen molar-refractivity contribution in [2.75, 3.05) is 6.54 Å². The second-order valence-electron chi connectivity index (χ2n) is 5.40. The van der Waals surface area contributed by atoms with Gasteiger partial charge in [-0.3, -0.25) is 14.8 Å². The number of fused-ring (bicyclic) bond motifs is 1. The molecule has 0 bridgehead atoms. The average molecular weight is 285 g/mol. The summed E-state index contributed by atoms with van der Waals surface area (Å²) in [5.41, 5.74) is 0.641. The number of aromatic nitrogens is 2. The van der Waals surface area contributed by atoms with Gasteiger partial charge in [-0.2, -0.15) is 0 Å². The summed E-state index contributed by atoms with van der Waals surface area (Å²) in [6.07, 6.45) is 4.32. The van der Waals surface area contributed by atoms with Crippen molar-refractivity contribution >= 4 is 22.9 Å². The largest absolute Gasteiger partial charge is 0.480 e. The van der Waals surface area contributed by atoms with Gasteiger partial charge in [-0.1, -0.05) is 0 Å². The van der Waals surface area contributed by atoms with Crippen molar-refractivity contribution in [1.82, 2.24) is 14.9 Å². The van der Waals surface area contributed by atoms with Gasteiger partial charge in [0.2, 0.25) is 0 Å². The molecule has 1 unspecified atom stereocenters. The van der Waals surface area contributed by atoms with E-state index in [2.05, 4.69) is 9.97 Å². The van der Waals surface area contributed by atoms with Crippen LogP contribution in [0.3, 0.4) is 0 Å². The van der Waals surface area contributed by atoms with Gasteiger partial charge in [-0.05, 0) is 38.0 Å². The predicted molar refractivity (Wildman–Crippen MR) is 75.8 cm³/mol. The molecule has 0 radical (unpaired) electrons. The highest BCUT2D eigenvalue weighted by molar-refractivity contribution is 6.00. The van der Waals surface area contributed by atoms with Crippen LogP contribution in [0.15, 0.2) is 30.6 Å². The molecule has 1 aliphatic rings. The van der Waals surface area contributed by atoms with Crippen LogP contribution in [-0.2, 0) is 4.79 Å². The molecule has 2 heterocycles. The molecule has 3 rings (SSSR count). The zero-order valence-electron chi connectivity index (χ0n) is 11.6. The van der Waals surface area contributed by atoms with Gasteiger partial charge in [0.1, 0.15) is 5.54 Å². The molecular formula is C15H15N3O3. The Morgan fingerprint density at radius 1 is 1.24 bits per heavy atom. The number of nitrogens with zero attached hydrogens (tertiary/aromatic N) is 3. The van der Waals surface area contributed by atoms with E-state index in [1.165, 1.54) is 4.90 Å². The number of benzene rings is 1. The molecule has 6 nitrogen and oxygen atoms in total. The quantitative estimate of drug-likeness (QED) is 0.908. The number of rotatable bonds is 2. The van der Waals surface area contributed by atoms with E-state index in [1.807, 2.05) is 0 Å². The number of carbonyl (C=O) groups is 2. The number of hydrogen-bond acceptors (Lipinski definition) is 4. The Kier molecular flexibility index (Phi) is 3.08. The number of amides is 1. The van der Waals surface area contributed by atoms with E-state index >= 15 is 0 Å². The van der Waals surface area contributed by atoms with Crippen molar-refractivity contribution < 1.29 is 14.7 Å². The molecule has 0 aliphatic carbocycles. The van der Waals surface area contributed by atoms with Crippen molar-refractivity contribution in [2.45, 2.75) is 25.3 Å². The van der Waals surface area contributed by atoms with E-state index in [-0.39, 0.29) is 5.91 Å². The SMILES string of the molecule is CC1(C(=O)O)CCCN1C(=O)c1ccc2nccnc2c1. The molecule has 1 aliphatic heterocycles. The zero-order chi connectivity index (χ0) is 15.0. The lowest BCUT2D eigenvalue weighted by Crippen LogP contribution is -2.50. The molecule has 1 aromatic heterocycles. The van der Waals surface area contributed by atoms with Crippen molar-refractivity contribution in [3.63, 3.8) is 0 Å². The lowest BCUT2D eigenvalue weighted by atomic mass is 9.98. The number of carbonyl (C=O) groups excluding carboxylic acids is 1. The maximum Gasteiger partial charge on any atom is 0.329 e. The lowest BCUT2D eigenvalue weighted by Gasteiger charge is -2.31. The first kappa shape index (κ1) is 13.5. The molecular weight excluding hydrogens is 270 g/mol. The van der Waals surface area contributed by atoms with Gasteiger partial charge in [0, 0.05) is 24.5 Å². The summed E-state index contributed by atoms with van der Waals surface area (Å²) in [5.74, 6) is -1.24. The first-order chi connectivity index (χ1) is 10.0. The van der Waals surface area contributed by atoms with Crippen molar-refractivity contribution in [2.24, 2.45) is 0 Å². The van der Waals surface area contributed by atoms with Gasteiger partial charge in [0.05, 0.1) is 11.0 Å². The monoisotopic (exact) mass is 285 g/mol. The number of aliphatic carboxylic acids is 1. The van der Waals surface area contributed by atoms with Crippen LogP contribution in [0.4, 0.5) is 0 Å². The third kappa shape index (κ3) is 2.12. The highest BCUT2D eigenvalue weighted by Gasteiger charge is 2.46. The smallest absolute Gasteiger partial charge is 0.329 e. The van der Waals surface area contributed by atoms with Crippen LogP contribution < -0.4 is 0 Å². The van der Waals surface area contributed by atoms with Crippen LogP contribution in [0.25, 0.3) is 11.0 Å². The summed E-state index contributed by atoms with van der Waals surface area (Å²) in [6.45, 7) is 2.06. The van der Waals surface area contributed by atoms with E-state index in [4.69, 9.17) is 0 Å². The minimum atomic E-state index is -1.13. The Morgan fingerprint density at radius 2 is 1.95 bits per heavy atom. The van der Waals surface area contributed by atoms with Crippen molar-refractivity contribution in [3.8, 4) is 0 Å². The fraction of sp³-hybridized carbons (Fsp3) is 0.333. The summed E-state index contributed by atoms with van der Waals surface area (Å²) in [4.78, 5) is 33.9. The van der Waals surface area contributed by atoms with Gasteiger partial charge in [0.25, 0.3) is 5.91 Å². The normalized spacial score (nSPS) is 21.7. The van der Waals surface area contributed by atoms with Crippen LogP contribution in [0, 0.1) is 0 Å². The summed E-state index contributed by atoms with van der Waals surface area (Å²) >= 11 is 0. The molecule has 1 atom stereocenters. The fourth-order valence-corrected chi connectivity index (χ4v) is 2.76. The van der Waals surface area contributed by atoms with Gasteiger partial charge < -0.3 is 10.0 Å². The lowest BCUT2D eigenvalue weighted by molar-refractivity contribution is -0.147.